The number of hydrogen-bond donors (Lipinski definition) is 1. The molecule has 0 spiro atoms. The molecule has 0 aliphatic heterocycles. The van der Waals surface area contributed by atoms with Crippen molar-refractivity contribution in [2.45, 2.75) is 52.9 Å². The molecule has 110 valence electrons. The highest BCUT2D eigenvalue weighted by molar-refractivity contribution is 5.70. The molecule has 0 unspecified atom stereocenters. The summed E-state index contributed by atoms with van der Waals surface area (Å²) in [7, 11) is 0. The Hall–Kier alpha value is -1.79. The van der Waals surface area contributed by atoms with Crippen LogP contribution in [0.5, 0.6) is 0 Å². The lowest BCUT2D eigenvalue weighted by molar-refractivity contribution is -0.150. The molecule has 0 saturated heterocycles. The monoisotopic (exact) mass is 275 g/mol. The van der Waals surface area contributed by atoms with Crippen molar-refractivity contribution in [1.82, 2.24) is 5.32 Å². The summed E-state index contributed by atoms with van der Waals surface area (Å²) in [5.41, 5.74) is -0.968. The maximum Gasteiger partial charge on any atom is 0.410 e. The second-order valence-electron chi connectivity index (χ2n) is 4.58. The molecule has 1 N–H and O–H groups in total. The van der Waals surface area contributed by atoms with E-state index in [0.29, 0.717) is 6.42 Å². The van der Waals surface area contributed by atoms with Gasteiger partial charge in [0.1, 0.15) is 12.2 Å². The third-order valence-electron chi connectivity index (χ3n) is 1.95. The zero-order valence-electron chi connectivity index (χ0n) is 11.9. The Labute approximate surface area is 112 Å². The van der Waals surface area contributed by atoms with Crippen LogP contribution in [-0.4, -0.2) is 36.5 Å². The van der Waals surface area contributed by atoms with Gasteiger partial charge in [-0.05, 0) is 13.8 Å². The van der Waals surface area contributed by atoms with Crippen LogP contribution in [0.2, 0.25) is 0 Å². The van der Waals surface area contributed by atoms with Gasteiger partial charge >= 0.3 is 18.0 Å². The van der Waals surface area contributed by atoms with Gasteiger partial charge in [-0.25, -0.2) is 4.79 Å². The second-order valence-corrected chi connectivity index (χ2v) is 4.58. The Morgan fingerprint density at radius 2 is 1.74 bits per heavy atom. The molecule has 0 aliphatic carbocycles. The van der Waals surface area contributed by atoms with Crippen LogP contribution in [0.15, 0.2) is 0 Å². The lowest BCUT2D eigenvalue weighted by Crippen LogP contribution is -2.43. The number of carbonyl (C=O) groups is 3. The Morgan fingerprint density at radius 1 is 1.16 bits per heavy atom. The molecular formula is C12H21NO6. The highest BCUT2D eigenvalue weighted by Crippen LogP contribution is 2.10. The maximum atomic E-state index is 11.6. The fourth-order valence-corrected chi connectivity index (χ4v) is 1.13. The predicted molar refractivity (Wildman–Crippen MR) is 66.2 cm³/mol. The van der Waals surface area contributed by atoms with Gasteiger partial charge in [0.05, 0.1) is 0 Å². The maximum absolute atomic E-state index is 11.6. The van der Waals surface area contributed by atoms with E-state index in [1.54, 1.807) is 20.8 Å². The lowest BCUT2D eigenvalue weighted by atomic mass is 10.1. The van der Waals surface area contributed by atoms with E-state index in [-0.39, 0.29) is 6.61 Å². The van der Waals surface area contributed by atoms with E-state index in [1.165, 1.54) is 13.8 Å². The number of amides is 1. The van der Waals surface area contributed by atoms with Crippen molar-refractivity contribution in [3.8, 4) is 0 Å². The summed E-state index contributed by atoms with van der Waals surface area (Å²) in [6, 6.07) is 0. The minimum absolute atomic E-state index is 0.0554. The summed E-state index contributed by atoms with van der Waals surface area (Å²) in [5, 5.41) is 2.40. The van der Waals surface area contributed by atoms with E-state index >= 15 is 0 Å². The quantitative estimate of drug-likeness (QED) is 0.447. The molecule has 0 aliphatic rings. The average Bonchev–Trinajstić information content (AvgIpc) is 2.24. The largest absolute Gasteiger partial charge is 0.462 e. The van der Waals surface area contributed by atoms with Crippen LogP contribution >= 0.6 is 0 Å². The molecular weight excluding hydrogens is 254 g/mol. The van der Waals surface area contributed by atoms with E-state index in [4.69, 9.17) is 14.2 Å². The topological polar surface area (TPSA) is 90.9 Å². The zero-order chi connectivity index (χ0) is 15.1. The summed E-state index contributed by atoms with van der Waals surface area (Å²) < 4.78 is 14.7. The molecule has 0 bridgehead atoms. The van der Waals surface area contributed by atoms with Crippen molar-refractivity contribution in [2.24, 2.45) is 0 Å². The summed E-state index contributed by atoms with van der Waals surface area (Å²) in [6.07, 6.45) is -1.07. The van der Waals surface area contributed by atoms with Gasteiger partial charge in [-0.15, -0.1) is 0 Å². The molecule has 0 rings (SSSR count). The molecule has 0 radical (unpaired) electrons. The van der Waals surface area contributed by atoms with Crippen molar-refractivity contribution in [2.75, 3.05) is 6.61 Å². The highest BCUT2D eigenvalue weighted by Gasteiger charge is 2.26. The number of alkyl carbamates (subject to hydrolysis) is 1. The van der Waals surface area contributed by atoms with Gasteiger partial charge < -0.3 is 14.2 Å². The third kappa shape index (κ3) is 8.87. The van der Waals surface area contributed by atoms with Crippen LogP contribution in [0.1, 0.15) is 41.0 Å². The Bertz CT molecular complexity index is 339. The van der Waals surface area contributed by atoms with Gasteiger partial charge in [0, 0.05) is 20.3 Å². The normalized spacial score (nSPS) is 12.3. The minimum atomic E-state index is -0.968. The molecule has 0 heterocycles. The fourth-order valence-electron chi connectivity index (χ4n) is 1.13. The minimum Gasteiger partial charge on any atom is -0.462 e. The van der Waals surface area contributed by atoms with Crippen LogP contribution in [0.3, 0.4) is 0 Å². The average molecular weight is 275 g/mol. The third-order valence-corrected chi connectivity index (χ3v) is 1.95. The number of esters is 2. The number of nitrogens with one attached hydrogen (secondary N) is 1. The number of hydrogen-bond acceptors (Lipinski definition) is 6. The van der Waals surface area contributed by atoms with E-state index in [2.05, 4.69) is 5.32 Å². The van der Waals surface area contributed by atoms with E-state index in [9.17, 15) is 14.4 Å². The van der Waals surface area contributed by atoms with Crippen molar-refractivity contribution < 1.29 is 28.6 Å². The molecule has 1 amide bonds. The lowest BCUT2D eigenvalue weighted by Gasteiger charge is -2.26. The SMILES string of the molecule is CC[C@@H](NC(=O)OC(C)(C)COC(C)=O)OC(C)=O. The fraction of sp³-hybridized carbons (Fsp3) is 0.750. The Balaban J connectivity index is 4.27. The van der Waals surface area contributed by atoms with Gasteiger partial charge in [0.25, 0.3) is 0 Å². The van der Waals surface area contributed by atoms with Crippen molar-refractivity contribution >= 4 is 18.0 Å². The van der Waals surface area contributed by atoms with Gasteiger partial charge in [-0.1, -0.05) is 6.92 Å². The summed E-state index contributed by atoms with van der Waals surface area (Å²) in [4.78, 5) is 33.1. The summed E-state index contributed by atoms with van der Waals surface area (Å²) in [6.45, 7) is 7.41. The molecule has 7 heteroatoms. The van der Waals surface area contributed by atoms with Crippen molar-refractivity contribution in [3.05, 3.63) is 0 Å². The molecule has 0 aromatic carbocycles. The standard InChI is InChI=1S/C12H21NO6/c1-6-10(18-9(3)15)13-11(16)19-12(4,5)7-17-8(2)14/h10H,6-7H2,1-5H3,(H,13,16)/t10-/m0/s1. The molecule has 0 saturated carbocycles. The first-order valence-electron chi connectivity index (χ1n) is 5.96. The van der Waals surface area contributed by atoms with Gasteiger partial charge in [-0.3, -0.25) is 14.9 Å². The first-order chi connectivity index (χ1) is 8.66. The molecule has 0 aromatic heterocycles. The van der Waals surface area contributed by atoms with Gasteiger partial charge in [-0.2, -0.15) is 0 Å². The molecule has 19 heavy (non-hydrogen) atoms. The zero-order valence-corrected chi connectivity index (χ0v) is 11.9. The van der Waals surface area contributed by atoms with Crippen molar-refractivity contribution in [3.63, 3.8) is 0 Å². The number of carbonyl (C=O) groups excluding carboxylic acids is 3. The van der Waals surface area contributed by atoms with Gasteiger partial charge in [0.2, 0.25) is 0 Å². The first kappa shape index (κ1) is 17.2. The van der Waals surface area contributed by atoms with Crippen LogP contribution < -0.4 is 5.32 Å². The predicted octanol–water partition coefficient (Wildman–Crippen LogP) is 1.35. The smallest absolute Gasteiger partial charge is 0.410 e. The Morgan fingerprint density at radius 3 is 2.16 bits per heavy atom. The summed E-state index contributed by atoms with van der Waals surface area (Å²) in [5.74, 6) is -0.949. The van der Waals surface area contributed by atoms with E-state index in [1.807, 2.05) is 0 Å². The highest BCUT2D eigenvalue weighted by atomic mass is 16.6. The van der Waals surface area contributed by atoms with Crippen LogP contribution in [0.25, 0.3) is 0 Å². The van der Waals surface area contributed by atoms with E-state index in [0.717, 1.165) is 0 Å². The second kappa shape index (κ2) is 7.60. The van der Waals surface area contributed by atoms with Crippen molar-refractivity contribution in [1.29, 1.82) is 0 Å². The van der Waals surface area contributed by atoms with Crippen LogP contribution in [0, 0.1) is 0 Å². The summed E-state index contributed by atoms with van der Waals surface area (Å²) >= 11 is 0. The first-order valence-corrected chi connectivity index (χ1v) is 5.96. The molecule has 0 fully saturated rings. The molecule has 0 aromatic rings. The molecule has 7 nitrogen and oxygen atoms in total. The van der Waals surface area contributed by atoms with Crippen LogP contribution in [-0.2, 0) is 23.8 Å². The van der Waals surface area contributed by atoms with E-state index < -0.39 is 29.9 Å². The Kier molecular flexibility index (Phi) is 6.89. The molecule has 1 atom stereocenters. The number of rotatable bonds is 6. The number of ether oxygens (including phenoxy) is 3. The van der Waals surface area contributed by atoms with Crippen LogP contribution in [0.4, 0.5) is 4.79 Å². The van der Waals surface area contributed by atoms with Gasteiger partial charge in [0.15, 0.2) is 6.23 Å².